The van der Waals surface area contributed by atoms with Crippen LogP contribution < -0.4 is 20.9 Å². The SMILES string of the molecule is NCC(Cc1n[nH]c(=O)n1Cc1ccccc1-c1ccc2c(c1)OCO2)=C(F)F. The van der Waals surface area contributed by atoms with Gasteiger partial charge in [-0.05, 0) is 28.8 Å². The van der Waals surface area contributed by atoms with Gasteiger partial charge in [-0.25, -0.2) is 9.89 Å². The Morgan fingerprint density at radius 1 is 1.17 bits per heavy atom. The summed E-state index contributed by atoms with van der Waals surface area (Å²) in [5.74, 6) is 1.52. The molecule has 0 amide bonds. The second kappa shape index (κ2) is 7.88. The molecule has 9 heteroatoms. The molecule has 3 N–H and O–H groups in total. The van der Waals surface area contributed by atoms with E-state index in [9.17, 15) is 13.6 Å². The summed E-state index contributed by atoms with van der Waals surface area (Å²) in [6.07, 6.45) is -2.06. The van der Waals surface area contributed by atoms with Crippen molar-refractivity contribution in [2.45, 2.75) is 13.0 Å². The second-order valence-electron chi connectivity index (χ2n) is 6.50. The van der Waals surface area contributed by atoms with Crippen LogP contribution in [0.2, 0.25) is 0 Å². The van der Waals surface area contributed by atoms with Gasteiger partial charge in [-0.3, -0.25) is 4.57 Å². The highest BCUT2D eigenvalue weighted by atomic mass is 19.3. The number of halogens is 2. The first kappa shape index (κ1) is 18.9. The molecule has 0 spiro atoms. The molecule has 0 aliphatic carbocycles. The molecule has 4 rings (SSSR count). The van der Waals surface area contributed by atoms with Crippen LogP contribution in [0.3, 0.4) is 0 Å². The Morgan fingerprint density at radius 3 is 2.76 bits per heavy atom. The Labute approximate surface area is 164 Å². The number of rotatable bonds is 6. The van der Waals surface area contributed by atoms with Crippen molar-refractivity contribution >= 4 is 0 Å². The lowest BCUT2D eigenvalue weighted by molar-refractivity contribution is 0.174. The molecule has 1 aliphatic heterocycles. The zero-order valence-corrected chi connectivity index (χ0v) is 15.3. The first-order valence-corrected chi connectivity index (χ1v) is 8.92. The summed E-state index contributed by atoms with van der Waals surface area (Å²) < 4.78 is 38.1. The van der Waals surface area contributed by atoms with Crippen LogP contribution in [0.4, 0.5) is 8.78 Å². The summed E-state index contributed by atoms with van der Waals surface area (Å²) in [6.45, 7) is 0.0362. The second-order valence-corrected chi connectivity index (χ2v) is 6.50. The van der Waals surface area contributed by atoms with Crippen molar-refractivity contribution in [1.82, 2.24) is 14.8 Å². The Morgan fingerprint density at radius 2 is 1.97 bits per heavy atom. The van der Waals surface area contributed by atoms with Crippen LogP contribution >= 0.6 is 0 Å². The average Bonchev–Trinajstić information content (AvgIpc) is 3.33. The lowest BCUT2D eigenvalue weighted by atomic mass is 9.99. The van der Waals surface area contributed by atoms with Crippen molar-refractivity contribution in [3.05, 3.63) is 76.0 Å². The predicted molar refractivity (Wildman–Crippen MR) is 102 cm³/mol. The van der Waals surface area contributed by atoms with Crippen LogP contribution in [0.5, 0.6) is 11.5 Å². The first-order valence-electron chi connectivity index (χ1n) is 8.92. The number of nitrogens with zero attached hydrogens (tertiary/aromatic N) is 2. The molecular weight excluding hydrogens is 382 g/mol. The highest BCUT2D eigenvalue weighted by Crippen LogP contribution is 2.36. The molecule has 29 heavy (non-hydrogen) atoms. The van der Waals surface area contributed by atoms with Gasteiger partial charge in [0.15, 0.2) is 11.5 Å². The summed E-state index contributed by atoms with van der Waals surface area (Å²) in [6, 6.07) is 13.1. The van der Waals surface area contributed by atoms with Crippen LogP contribution in [-0.2, 0) is 13.0 Å². The Bertz CT molecular complexity index is 1130. The van der Waals surface area contributed by atoms with Crippen molar-refractivity contribution in [1.29, 1.82) is 0 Å². The monoisotopic (exact) mass is 400 g/mol. The van der Waals surface area contributed by atoms with Gasteiger partial charge in [-0.1, -0.05) is 30.3 Å². The van der Waals surface area contributed by atoms with E-state index in [0.717, 1.165) is 16.7 Å². The average molecular weight is 400 g/mol. The molecule has 0 radical (unpaired) electrons. The summed E-state index contributed by atoms with van der Waals surface area (Å²) in [7, 11) is 0. The van der Waals surface area contributed by atoms with Gasteiger partial charge in [0, 0.05) is 18.5 Å². The normalized spacial score (nSPS) is 12.2. The third-order valence-electron chi connectivity index (χ3n) is 4.75. The quantitative estimate of drug-likeness (QED) is 0.663. The van der Waals surface area contributed by atoms with Gasteiger partial charge in [0.2, 0.25) is 6.79 Å². The van der Waals surface area contributed by atoms with Crippen LogP contribution in [0.25, 0.3) is 11.1 Å². The molecule has 0 atom stereocenters. The fourth-order valence-corrected chi connectivity index (χ4v) is 3.23. The largest absolute Gasteiger partial charge is 0.454 e. The number of nitrogens with one attached hydrogen (secondary N) is 1. The van der Waals surface area contributed by atoms with Crippen LogP contribution in [-0.4, -0.2) is 28.1 Å². The number of fused-ring (bicyclic) bond motifs is 1. The van der Waals surface area contributed by atoms with E-state index < -0.39 is 11.8 Å². The van der Waals surface area contributed by atoms with Gasteiger partial charge in [-0.15, -0.1) is 0 Å². The molecule has 2 heterocycles. The van der Waals surface area contributed by atoms with Gasteiger partial charge < -0.3 is 15.2 Å². The van der Waals surface area contributed by atoms with Gasteiger partial charge in [0.25, 0.3) is 6.08 Å². The van der Waals surface area contributed by atoms with E-state index in [1.165, 1.54) is 4.57 Å². The number of ether oxygens (including phenoxy) is 2. The molecule has 0 saturated heterocycles. The zero-order chi connectivity index (χ0) is 20.4. The summed E-state index contributed by atoms with van der Waals surface area (Å²) in [4.78, 5) is 12.3. The predicted octanol–water partition coefficient (Wildman–Crippen LogP) is 2.67. The first-order chi connectivity index (χ1) is 14.1. The maximum absolute atomic E-state index is 13.0. The number of hydrogen-bond donors (Lipinski definition) is 2. The maximum Gasteiger partial charge on any atom is 0.343 e. The minimum Gasteiger partial charge on any atom is -0.454 e. The summed E-state index contributed by atoms with van der Waals surface area (Å²) >= 11 is 0. The molecular formula is C20H18F2N4O3. The molecule has 0 bridgehead atoms. The minimum absolute atomic E-state index is 0.168. The molecule has 1 aromatic heterocycles. The van der Waals surface area contributed by atoms with Crippen molar-refractivity contribution in [2.24, 2.45) is 5.73 Å². The van der Waals surface area contributed by atoms with Crippen LogP contribution in [0.1, 0.15) is 11.4 Å². The molecule has 0 saturated carbocycles. The Hall–Kier alpha value is -3.46. The number of nitrogens with two attached hydrogens (primary N) is 1. The lowest BCUT2D eigenvalue weighted by Crippen LogP contribution is -2.21. The smallest absolute Gasteiger partial charge is 0.343 e. The van der Waals surface area contributed by atoms with Gasteiger partial charge in [0.1, 0.15) is 5.82 Å². The topological polar surface area (TPSA) is 95.2 Å². The number of aromatic amines is 1. The molecule has 2 aromatic carbocycles. The molecule has 1 aliphatic rings. The number of H-pyrrole nitrogens is 1. The minimum atomic E-state index is -1.85. The Balaban J connectivity index is 1.70. The van der Waals surface area contributed by atoms with E-state index >= 15 is 0 Å². The fraction of sp³-hybridized carbons (Fsp3) is 0.200. The van der Waals surface area contributed by atoms with E-state index in [1.807, 2.05) is 42.5 Å². The maximum atomic E-state index is 13.0. The van der Waals surface area contributed by atoms with E-state index in [2.05, 4.69) is 10.2 Å². The highest BCUT2D eigenvalue weighted by molar-refractivity contribution is 5.70. The van der Waals surface area contributed by atoms with E-state index in [4.69, 9.17) is 15.2 Å². The highest BCUT2D eigenvalue weighted by Gasteiger charge is 2.17. The lowest BCUT2D eigenvalue weighted by Gasteiger charge is -2.12. The standard InChI is InChI=1S/C20H18F2N4O3/c21-19(22)14(9-23)8-18-24-25-20(27)26(18)10-13-3-1-2-4-15(13)12-5-6-16-17(7-12)29-11-28-16/h1-7H,8-11,23H2,(H,25,27). The third-order valence-corrected chi connectivity index (χ3v) is 4.75. The molecule has 7 nitrogen and oxygen atoms in total. The molecule has 0 fully saturated rings. The van der Waals surface area contributed by atoms with Gasteiger partial charge in [0.05, 0.1) is 6.54 Å². The van der Waals surface area contributed by atoms with Gasteiger partial charge >= 0.3 is 5.69 Å². The molecule has 3 aromatic rings. The van der Waals surface area contributed by atoms with Crippen molar-refractivity contribution in [2.75, 3.05) is 13.3 Å². The van der Waals surface area contributed by atoms with Crippen molar-refractivity contribution < 1.29 is 18.3 Å². The van der Waals surface area contributed by atoms with E-state index in [1.54, 1.807) is 0 Å². The zero-order valence-electron chi connectivity index (χ0n) is 15.3. The summed E-state index contributed by atoms with van der Waals surface area (Å²) in [5.41, 5.74) is 7.26. The number of benzene rings is 2. The van der Waals surface area contributed by atoms with Crippen molar-refractivity contribution in [3.63, 3.8) is 0 Å². The third kappa shape index (κ3) is 3.77. The molecule has 150 valence electrons. The Kier molecular flexibility index (Phi) is 5.13. The van der Waals surface area contributed by atoms with Crippen molar-refractivity contribution in [3.8, 4) is 22.6 Å². The van der Waals surface area contributed by atoms with Gasteiger partial charge in [-0.2, -0.15) is 13.9 Å². The van der Waals surface area contributed by atoms with Crippen LogP contribution in [0.15, 0.2) is 58.9 Å². The number of aromatic nitrogens is 3. The fourth-order valence-electron chi connectivity index (χ4n) is 3.23. The van der Waals surface area contributed by atoms with Crippen LogP contribution in [0, 0.1) is 0 Å². The van der Waals surface area contributed by atoms with E-state index in [-0.39, 0.29) is 37.7 Å². The summed E-state index contributed by atoms with van der Waals surface area (Å²) in [5, 5.41) is 6.23. The van der Waals surface area contributed by atoms with E-state index in [0.29, 0.717) is 11.5 Å². The number of hydrogen-bond acceptors (Lipinski definition) is 5. The molecule has 0 unspecified atom stereocenters.